The molecule has 11 aromatic rings. The Bertz CT molecular complexity index is 3400. The average Bonchev–Trinajstić information content (AvgIpc) is 3.91. The first-order chi connectivity index (χ1) is 27.2. The predicted octanol–water partition coefficient (Wildman–Crippen LogP) is 13.3. The Labute approximate surface area is 320 Å². The first-order valence-electron chi connectivity index (χ1n) is 18.2. The van der Waals surface area contributed by atoms with Crippen molar-refractivity contribution in [3.8, 4) is 45.8 Å². The molecule has 0 unspecified atom stereocenters. The molecule has 0 aliphatic heterocycles. The number of hydrogen-bond acceptors (Lipinski definition) is 3. The number of rotatable bonds is 4. The maximum absolute atomic E-state index is 9.70. The van der Waals surface area contributed by atoms with Gasteiger partial charge < -0.3 is 9.13 Å². The zero-order chi connectivity index (χ0) is 36.6. The zero-order valence-electron chi connectivity index (χ0n) is 29.4. The van der Waals surface area contributed by atoms with Gasteiger partial charge in [-0.2, -0.15) is 10.5 Å². The molecular formula is C50H28N4S. The van der Waals surface area contributed by atoms with Crippen molar-refractivity contribution in [2.75, 3.05) is 0 Å². The molecule has 0 atom stereocenters. The summed E-state index contributed by atoms with van der Waals surface area (Å²) in [5.74, 6) is 0. The van der Waals surface area contributed by atoms with Crippen LogP contribution in [0.1, 0.15) is 11.1 Å². The van der Waals surface area contributed by atoms with Gasteiger partial charge in [-0.25, -0.2) is 0 Å². The van der Waals surface area contributed by atoms with E-state index in [2.05, 4.69) is 155 Å². The minimum absolute atomic E-state index is 0.591. The molecule has 0 amide bonds. The van der Waals surface area contributed by atoms with E-state index in [1.807, 2.05) is 47.7 Å². The quantitative estimate of drug-likeness (QED) is 0.182. The lowest BCUT2D eigenvalue weighted by Gasteiger charge is -2.15. The second kappa shape index (κ2) is 12.0. The van der Waals surface area contributed by atoms with E-state index in [0.29, 0.717) is 11.1 Å². The lowest BCUT2D eigenvalue weighted by atomic mass is 9.94. The molecule has 5 heteroatoms. The Morgan fingerprint density at radius 1 is 0.400 bits per heavy atom. The summed E-state index contributed by atoms with van der Waals surface area (Å²) in [6.07, 6.45) is 0. The fourth-order valence-electron chi connectivity index (χ4n) is 8.55. The number of nitrogens with zero attached hydrogens (tertiary/aromatic N) is 4. The Morgan fingerprint density at radius 3 is 1.60 bits per heavy atom. The molecule has 0 aliphatic carbocycles. The number of para-hydroxylation sites is 1. The van der Waals surface area contributed by atoms with E-state index in [9.17, 15) is 10.5 Å². The minimum atomic E-state index is 0.591. The molecule has 0 spiro atoms. The molecule has 55 heavy (non-hydrogen) atoms. The molecule has 0 bridgehead atoms. The van der Waals surface area contributed by atoms with Gasteiger partial charge in [-0.15, -0.1) is 11.3 Å². The third-order valence-corrected chi connectivity index (χ3v) is 12.2. The molecular weight excluding hydrogens is 689 g/mol. The summed E-state index contributed by atoms with van der Waals surface area (Å²) in [6.45, 7) is 0. The van der Waals surface area contributed by atoms with E-state index in [1.165, 1.54) is 42.0 Å². The van der Waals surface area contributed by atoms with Crippen LogP contribution in [-0.2, 0) is 0 Å². The lowest BCUT2D eigenvalue weighted by Crippen LogP contribution is -1.96. The van der Waals surface area contributed by atoms with E-state index in [4.69, 9.17) is 0 Å². The van der Waals surface area contributed by atoms with Gasteiger partial charge in [0.1, 0.15) is 0 Å². The summed E-state index contributed by atoms with van der Waals surface area (Å²) < 4.78 is 7.28. The summed E-state index contributed by atoms with van der Waals surface area (Å²) >= 11 is 1.87. The maximum atomic E-state index is 9.70. The van der Waals surface area contributed by atoms with Gasteiger partial charge in [0.25, 0.3) is 0 Å². The van der Waals surface area contributed by atoms with Crippen molar-refractivity contribution in [1.29, 1.82) is 10.5 Å². The Hall–Kier alpha value is -7.44. The molecule has 0 N–H and O–H groups in total. The van der Waals surface area contributed by atoms with E-state index in [1.54, 1.807) is 0 Å². The van der Waals surface area contributed by atoms with Crippen LogP contribution < -0.4 is 0 Å². The van der Waals surface area contributed by atoms with Gasteiger partial charge in [0.2, 0.25) is 0 Å². The van der Waals surface area contributed by atoms with Gasteiger partial charge in [-0.05, 0) is 95.1 Å². The molecule has 0 saturated heterocycles. The van der Waals surface area contributed by atoms with Crippen molar-refractivity contribution in [1.82, 2.24) is 9.13 Å². The molecule has 8 aromatic carbocycles. The van der Waals surface area contributed by atoms with Crippen LogP contribution in [0.5, 0.6) is 0 Å². The number of thiophene rings is 1. The third kappa shape index (κ3) is 4.68. The molecule has 3 heterocycles. The van der Waals surface area contributed by atoms with Crippen LogP contribution in [0.3, 0.4) is 0 Å². The predicted molar refractivity (Wildman–Crippen MR) is 228 cm³/mol. The summed E-state index contributed by atoms with van der Waals surface area (Å²) in [6, 6.07) is 64.4. The Kier molecular flexibility index (Phi) is 6.82. The summed E-state index contributed by atoms with van der Waals surface area (Å²) in [5.41, 5.74) is 12.2. The molecule has 0 aliphatic rings. The summed E-state index contributed by atoms with van der Waals surface area (Å²) in [4.78, 5) is 0. The topological polar surface area (TPSA) is 57.4 Å². The molecule has 3 aromatic heterocycles. The maximum Gasteiger partial charge on any atom is 0.0991 e. The van der Waals surface area contributed by atoms with E-state index < -0.39 is 0 Å². The van der Waals surface area contributed by atoms with E-state index in [0.717, 1.165) is 55.4 Å². The van der Waals surface area contributed by atoms with Gasteiger partial charge in [0.15, 0.2) is 0 Å². The van der Waals surface area contributed by atoms with Crippen molar-refractivity contribution < 1.29 is 0 Å². The van der Waals surface area contributed by atoms with Crippen LogP contribution in [0.4, 0.5) is 0 Å². The molecule has 0 radical (unpaired) electrons. The molecule has 0 saturated carbocycles. The fourth-order valence-corrected chi connectivity index (χ4v) is 9.79. The number of nitriles is 2. The van der Waals surface area contributed by atoms with Crippen LogP contribution in [0.2, 0.25) is 0 Å². The number of aromatic nitrogens is 2. The molecule has 11 rings (SSSR count). The van der Waals surface area contributed by atoms with E-state index >= 15 is 0 Å². The minimum Gasteiger partial charge on any atom is -0.309 e. The number of hydrogen-bond donors (Lipinski definition) is 0. The van der Waals surface area contributed by atoms with Crippen LogP contribution >= 0.6 is 11.3 Å². The van der Waals surface area contributed by atoms with Gasteiger partial charge in [-0.1, -0.05) is 97.1 Å². The van der Waals surface area contributed by atoms with Crippen molar-refractivity contribution in [2.45, 2.75) is 0 Å². The van der Waals surface area contributed by atoms with Crippen molar-refractivity contribution >= 4 is 75.1 Å². The van der Waals surface area contributed by atoms with Crippen LogP contribution in [0, 0.1) is 22.7 Å². The van der Waals surface area contributed by atoms with Crippen molar-refractivity contribution in [3.05, 3.63) is 181 Å². The first kappa shape index (κ1) is 31.1. The zero-order valence-corrected chi connectivity index (χ0v) is 30.2. The van der Waals surface area contributed by atoms with Crippen molar-refractivity contribution in [3.63, 3.8) is 0 Å². The highest BCUT2D eigenvalue weighted by Crippen LogP contribution is 2.44. The Balaban J connectivity index is 1.09. The van der Waals surface area contributed by atoms with Gasteiger partial charge in [-0.3, -0.25) is 0 Å². The summed E-state index contributed by atoms with van der Waals surface area (Å²) in [7, 11) is 0. The third-order valence-electron chi connectivity index (χ3n) is 11.0. The smallest absolute Gasteiger partial charge is 0.0991 e. The van der Waals surface area contributed by atoms with E-state index in [-0.39, 0.29) is 0 Å². The average molecular weight is 717 g/mol. The number of benzene rings is 8. The second-order valence-corrected chi connectivity index (χ2v) is 15.0. The molecule has 4 nitrogen and oxygen atoms in total. The highest BCUT2D eigenvalue weighted by atomic mass is 32.1. The highest BCUT2D eigenvalue weighted by Gasteiger charge is 2.19. The molecule has 254 valence electrons. The highest BCUT2D eigenvalue weighted by molar-refractivity contribution is 7.26. The van der Waals surface area contributed by atoms with Gasteiger partial charge >= 0.3 is 0 Å². The second-order valence-electron chi connectivity index (χ2n) is 14.0. The SMILES string of the molecule is N#Cc1ccc2c(c1)c1cc(C#N)ccc1n2-c1cccc(-c2ccccc2-c2cccc(-n3c4ccccc4c4ccc5c6ccccc6sc5c43)c2)c1. The summed E-state index contributed by atoms with van der Waals surface area (Å²) in [5, 5.41) is 26.4. The van der Waals surface area contributed by atoms with Gasteiger partial charge in [0, 0.05) is 48.4 Å². The van der Waals surface area contributed by atoms with Crippen LogP contribution in [-0.4, -0.2) is 9.13 Å². The van der Waals surface area contributed by atoms with Crippen molar-refractivity contribution in [2.24, 2.45) is 0 Å². The lowest BCUT2D eigenvalue weighted by molar-refractivity contribution is 1.18. The first-order valence-corrected chi connectivity index (χ1v) is 19.0. The van der Waals surface area contributed by atoms with Gasteiger partial charge in [0.05, 0.1) is 50.0 Å². The number of fused-ring (bicyclic) bond motifs is 10. The van der Waals surface area contributed by atoms with Crippen LogP contribution in [0.25, 0.3) is 97.4 Å². The standard InChI is InChI=1S/C50H28N4S/c51-29-31-19-23-46-43(25-31)44-26-32(30-52)20-24-47(44)53(46)35-11-7-9-33(27-35)37-13-1-2-14-38(37)34-10-8-12-36(28-34)54-45-17-5-3-15-39(45)41-21-22-42-40-16-4-6-18-48(40)55-50(42)49(41)54/h1-28H. The fraction of sp³-hybridized carbons (Fsp3) is 0. The normalized spacial score (nSPS) is 11.6. The molecule has 0 fully saturated rings. The monoisotopic (exact) mass is 716 g/mol. The largest absolute Gasteiger partial charge is 0.309 e. The Morgan fingerprint density at radius 2 is 0.945 bits per heavy atom. The van der Waals surface area contributed by atoms with Crippen LogP contribution in [0.15, 0.2) is 170 Å².